The maximum atomic E-state index is 13.5. The van der Waals surface area contributed by atoms with Crippen molar-refractivity contribution in [3.05, 3.63) is 101 Å². The fourth-order valence-corrected chi connectivity index (χ4v) is 3.55. The van der Waals surface area contributed by atoms with E-state index in [0.29, 0.717) is 12.1 Å². The molecular formula is C27H29FN2O3. The SMILES string of the molecule is COc1ccc(CNC(=O)[C@@H](c2ccccc2)N(Cc2ccc(F)cc2)C(=O)C(C)C)cc1. The summed E-state index contributed by atoms with van der Waals surface area (Å²) in [6, 6.07) is 21.8. The summed E-state index contributed by atoms with van der Waals surface area (Å²) in [5, 5.41) is 2.97. The number of halogens is 1. The lowest BCUT2D eigenvalue weighted by molar-refractivity contribution is -0.144. The normalized spacial score (nSPS) is 11.7. The zero-order valence-corrected chi connectivity index (χ0v) is 19.1. The van der Waals surface area contributed by atoms with Crippen molar-refractivity contribution in [3.63, 3.8) is 0 Å². The summed E-state index contributed by atoms with van der Waals surface area (Å²) in [5.41, 5.74) is 2.37. The lowest BCUT2D eigenvalue weighted by Gasteiger charge is -2.33. The van der Waals surface area contributed by atoms with Gasteiger partial charge in [-0.2, -0.15) is 0 Å². The van der Waals surface area contributed by atoms with Crippen molar-refractivity contribution in [2.75, 3.05) is 7.11 Å². The van der Waals surface area contributed by atoms with Crippen LogP contribution >= 0.6 is 0 Å². The van der Waals surface area contributed by atoms with Gasteiger partial charge in [-0.25, -0.2) is 4.39 Å². The predicted molar refractivity (Wildman–Crippen MR) is 126 cm³/mol. The number of carbonyl (C=O) groups is 2. The van der Waals surface area contributed by atoms with Crippen LogP contribution in [0.25, 0.3) is 0 Å². The van der Waals surface area contributed by atoms with Crippen LogP contribution in [-0.2, 0) is 22.7 Å². The zero-order valence-electron chi connectivity index (χ0n) is 19.1. The molecule has 0 saturated heterocycles. The number of amides is 2. The number of hydrogen-bond acceptors (Lipinski definition) is 3. The van der Waals surface area contributed by atoms with Gasteiger partial charge in [-0.3, -0.25) is 9.59 Å². The van der Waals surface area contributed by atoms with Gasteiger partial charge in [0.1, 0.15) is 17.6 Å². The molecule has 0 spiro atoms. The molecule has 0 aromatic heterocycles. The molecule has 3 aromatic carbocycles. The average Bonchev–Trinajstić information content (AvgIpc) is 2.84. The first-order valence-electron chi connectivity index (χ1n) is 10.9. The number of rotatable bonds is 9. The number of carbonyl (C=O) groups excluding carboxylic acids is 2. The summed E-state index contributed by atoms with van der Waals surface area (Å²) in [5.74, 6) is -0.371. The number of ether oxygens (including phenoxy) is 1. The summed E-state index contributed by atoms with van der Waals surface area (Å²) >= 11 is 0. The summed E-state index contributed by atoms with van der Waals surface area (Å²) in [4.78, 5) is 28.3. The molecule has 0 aliphatic heterocycles. The predicted octanol–water partition coefficient (Wildman–Crippen LogP) is 4.88. The van der Waals surface area contributed by atoms with Gasteiger partial charge >= 0.3 is 0 Å². The zero-order chi connectivity index (χ0) is 23.8. The lowest BCUT2D eigenvalue weighted by atomic mass is 10.0. The fraction of sp³-hybridized carbons (Fsp3) is 0.259. The van der Waals surface area contributed by atoms with Crippen LogP contribution in [0.3, 0.4) is 0 Å². The highest BCUT2D eigenvalue weighted by molar-refractivity contribution is 5.89. The van der Waals surface area contributed by atoms with E-state index in [4.69, 9.17) is 4.74 Å². The Morgan fingerprint density at radius 3 is 2.09 bits per heavy atom. The van der Waals surface area contributed by atoms with E-state index in [9.17, 15) is 14.0 Å². The van der Waals surface area contributed by atoms with Crippen LogP contribution in [0.15, 0.2) is 78.9 Å². The summed E-state index contributed by atoms with van der Waals surface area (Å²) in [6.45, 7) is 4.11. The topological polar surface area (TPSA) is 58.6 Å². The highest BCUT2D eigenvalue weighted by Crippen LogP contribution is 2.26. The van der Waals surface area contributed by atoms with E-state index in [1.807, 2.05) is 54.6 Å². The van der Waals surface area contributed by atoms with E-state index < -0.39 is 6.04 Å². The first-order valence-corrected chi connectivity index (χ1v) is 10.9. The van der Waals surface area contributed by atoms with E-state index in [1.54, 1.807) is 38.0 Å². The number of hydrogen-bond donors (Lipinski definition) is 1. The van der Waals surface area contributed by atoms with Crippen LogP contribution < -0.4 is 10.1 Å². The van der Waals surface area contributed by atoms with E-state index in [2.05, 4.69) is 5.32 Å². The Bertz CT molecular complexity index is 1050. The van der Waals surface area contributed by atoms with Gasteiger partial charge in [-0.05, 0) is 41.0 Å². The molecule has 0 bridgehead atoms. The van der Waals surface area contributed by atoms with Crippen molar-refractivity contribution < 1.29 is 18.7 Å². The molecule has 0 aliphatic rings. The molecule has 2 amide bonds. The summed E-state index contributed by atoms with van der Waals surface area (Å²) < 4.78 is 18.6. The second-order valence-corrected chi connectivity index (χ2v) is 8.13. The number of nitrogens with one attached hydrogen (secondary N) is 1. The monoisotopic (exact) mass is 448 g/mol. The maximum Gasteiger partial charge on any atom is 0.247 e. The van der Waals surface area contributed by atoms with Gasteiger partial charge in [0.05, 0.1) is 7.11 Å². The molecule has 0 aliphatic carbocycles. The largest absolute Gasteiger partial charge is 0.497 e. The minimum atomic E-state index is -0.829. The van der Waals surface area contributed by atoms with Crippen LogP contribution in [-0.4, -0.2) is 23.8 Å². The van der Waals surface area contributed by atoms with Crippen molar-refractivity contribution in [3.8, 4) is 5.75 Å². The lowest BCUT2D eigenvalue weighted by Crippen LogP contribution is -2.44. The van der Waals surface area contributed by atoms with Crippen molar-refractivity contribution >= 4 is 11.8 Å². The third-order valence-electron chi connectivity index (χ3n) is 5.34. The Balaban J connectivity index is 1.90. The quantitative estimate of drug-likeness (QED) is 0.508. The van der Waals surface area contributed by atoms with Crippen LogP contribution in [0, 0.1) is 11.7 Å². The molecule has 3 aromatic rings. The molecule has 0 heterocycles. The number of methoxy groups -OCH3 is 1. The second kappa shape index (κ2) is 11.3. The molecule has 0 saturated carbocycles. The number of nitrogens with zero attached hydrogens (tertiary/aromatic N) is 1. The highest BCUT2D eigenvalue weighted by Gasteiger charge is 2.32. The van der Waals surface area contributed by atoms with Crippen LogP contribution in [0.1, 0.15) is 36.6 Å². The van der Waals surface area contributed by atoms with Crippen LogP contribution in [0.2, 0.25) is 0 Å². The van der Waals surface area contributed by atoms with E-state index in [-0.39, 0.29) is 30.1 Å². The molecule has 5 nitrogen and oxygen atoms in total. The third-order valence-corrected chi connectivity index (χ3v) is 5.34. The van der Waals surface area contributed by atoms with Gasteiger partial charge in [-0.1, -0.05) is 68.4 Å². The first-order chi connectivity index (χ1) is 15.9. The van der Waals surface area contributed by atoms with Gasteiger partial charge < -0.3 is 15.0 Å². The molecule has 6 heteroatoms. The highest BCUT2D eigenvalue weighted by atomic mass is 19.1. The molecule has 172 valence electrons. The van der Waals surface area contributed by atoms with Crippen molar-refractivity contribution in [1.82, 2.24) is 10.2 Å². The second-order valence-electron chi connectivity index (χ2n) is 8.13. The Labute approximate surface area is 194 Å². The third kappa shape index (κ3) is 6.42. The summed E-state index contributed by atoms with van der Waals surface area (Å²) in [6.07, 6.45) is 0. The molecule has 3 rings (SSSR count). The van der Waals surface area contributed by atoms with Gasteiger partial charge in [0.25, 0.3) is 0 Å². The number of benzene rings is 3. The Morgan fingerprint density at radius 1 is 0.909 bits per heavy atom. The Hall–Kier alpha value is -3.67. The van der Waals surface area contributed by atoms with Gasteiger partial charge in [0.2, 0.25) is 11.8 Å². The average molecular weight is 449 g/mol. The minimum Gasteiger partial charge on any atom is -0.497 e. The van der Waals surface area contributed by atoms with Gasteiger partial charge in [-0.15, -0.1) is 0 Å². The molecular weight excluding hydrogens is 419 g/mol. The van der Waals surface area contributed by atoms with E-state index in [1.165, 1.54) is 12.1 Å². The smallest absolute Gasteiger partial charge is 0.247 e. The maximum absolute atomic E-state index is 13.5. The van der Waals surface area contributed by atoms with E-state index in [0.717, 1.165) is 16.9 Å². The standard InChI is InChI=1S/C27H29FN2O3/c1-19(2)27(32)30(18-21-9-13-23(28)14-10-21)25(22-7-5-4-6-8-22)26(31)29-17-20-11-15-24(33-3)16-12-20/h4-16,19,25H,17-18H2,1-3H3,(H,29,31)/t25-/m1/s1. The molecule has 0 radical (unpaired) electrons. The molecule has 0 fully saturated rings. The fourth-order valence-electron chi connectivity index (χ4n) is 3.55. The Morgan fingerprint density at radius 2 is 1.52 bits per heavy atom. The minimum absolute atomic E-state index is 0.159. The van der Waals surface area contributed by atoms with Gasteiger partial charge in [0, 0.05) is 19.0 Å². The van der Waals surface area contributed by atoms with Gasteiger partial charge in [0.15, 0.2) is 0 Å². The van der Waals surface area contributed by atoms with Crippen LogP contribution in [0.5, 0.6) is 5.75 Å². The molecule has 1 N–H and O–H groups in total. The molecule has 33 heavy (non-hydrogen) atoms. The molecule has 0 unspecified atom stereocenters. The van der Waals surface area contributed by atoms with Crippen molar-refractivity contribution in [2.45, 2.75) is 33.0 Å². The molecule has 1 atom stereocenters. The van der Waals surface area contributed by atoms with Crippen molar-refractivity contribution in [1.29, 1.82) is 0 Å². The Kier molecular flexibility index (Phi) is 8.19. The van der Waals surface area contributed by atoms with Crippen molar-refractivity contribution in [2.24, 2.45) is 5.92 Å². The van der Waals surface area contributed by atoms with Crippen LogP contribution in [0.4, 0.5) is 4.39 Å². The first kappa shape index (κ1) is 24.0. The van der Waals surface area contributed by atoms with E-state index >= 15 is 0 Å². The summed E-state index contributed by atoms with van der Waals surface area (Å²) in [7, 11) is 1.60.